The normalized spacial score (nSPS) is 10.1. The van der Waals surface area contributed by atoms with Crippen LogP contribution < -0.4 is 14.8 Å². The first-order valence-electron chi connectivity index (χ1n) is 8.09. The lowest BCUT2D eigenvalue weighted by molar-refractivity contribution is -0.385. The molecular weight excluding hydrogens is 348 g/mol. The van der Waals surface area contributed by atoms with Gasteiger partial charge in [-0.15, -0.1) is 0 Å². The Morgan fingerprint density at radius 1 is 0.889 bits per heavy atom. The molecule has 1 N–H and O–H groups in total. The molecule has 0 aliphatic carbocycles. The van der Waals surface area contributed by atoms with Gasteiger partial charge < -0.3 is 14.8 Å². The van der Waals surface area contributed by atoms with Crippen molar-refractivity contribution in [2.75, 3.05) is 5.32 Å². The Hall–Kier alpha value is -3.87. The molecule has 3 aromatic rings. The number of nitro groups is 1. The summed E-state index contributed by atoms with van der Waals surface area (Å²) in [5, 5.41) is 14.2. The third-order valence-corrected chi connectivity index (χ3v) is 3.51. The van der Waals surface area contributed by atoms with Gasteiger partial charge in [-0.2, -0.15) is 0 Å². The fourth-order valence-corrected chi connectivity index (χ4v) is 2.38. The van der Waals surface area contributed by atoms with E-state index in [1.54, 1.807) is 54.6 Å². The van der Waals surface area contributed by atoms with Crippen LogP contribution in [0.4, 0.5) is 11.4 Å². The van der Waals surface area contributed by atoms with Gasteiger partial charge >= 0.3 is 5.69 Å². The van der Waals surface area contributed by atoms with Crippen LogP contribution in [-0.2, 0) is 4.79 Å². The molecule has 0 fully saturated rings. The Morgan fingerprint density at radius 3 is 1.89 bits per heavy atom. The number of para-hydroxylation sites is 2. The summed E-state index contributed by atoms with van der Waals surface area (Å²) < 4.78 is 11.4. The smallest absolute Gasteiger partial charge is 0.315 e. The van der Waals surface area contributed by atoms with E-state index < -0.39 is 4.92 Å². The molecule has 3 aromatic carbocycles. The van der Waals surface area contributed by atoms with Gasteiger partial charge in [-0.25, -0.2) is 0 Å². The van der Waals surface area contributed by atoms with Gasteiger partial charge in [0.05, 0.1) is 16.7 Å². The zero-order valence-corrected chi connectivity index (χ0v) is 14.4. The van der Waals surface area contributed by atoms with E-state index in [2.05, 4.69) is 5.32 Å². The number of amides is 1. The Bertz CT molecular complexity index is 959. The van der Waals surface area contributed by atoms with Crippen LogP contribution in [0.1, 0.15) is 6.92 Å². The largest absolute Gasteiger partial charge is 0.455 e. The number of carbonyl (C=O) groups excluding carboxylic acids is 1. The van der Waals surface area contributed by atoms with Gasteiger partial charge in [0.2, 0.25) is 11.7 Å². The van der Waals surface area contributed by atoms with Crippen LogP contribution in [0.5, 0.6) is 23.0 Å². The topological polar surface area (TPSA) is 90.7 Å². The summed E-state index contributed by atoms with van der Waals surface area (Å²) in [4.78, 5) is 22.5. The fraction of sp³-hybridized carbons (Fsp3) is 0.0500. The molecule has 27 heavy (non-hydrogen) atoms. The van der Waals surface area contributed by atoms with E-state index in [-0.39, 0.29) is 28.8 Å². The highest BCUT2D eigenvalue weighted by molar-refractivity contribution is 5.91. The summed E-state index contributed by atoms with van der Waals surface area (Å²) in [6.45, 7) is 1.34. The van der Waals surface area contributed by atoms with Gasteiger partial charge in [-0.05, 0) is 24.3 Å². The number of anilines is 1. The third kappa shape index (κ3) is 4.60. The number of nitrogens with zero attached hydrogens (tertiary/aromatic N) is 1. The maximum absolute atomic E-state index is 11.6. The molecule has 0 atom stereocenters. The van der Waals surface area contributed by atoms with Crippen LogP contribution in [-0.4, -0.2) is 10.8 Å². The quantitative estimate of drug-likeness (QED) is 0.483. The van der Waals surface area contributed by atoms with Crippen molar-refractivity contribution >= 4 is 17.3 Å². The van der Waals surface area contributed by atoms with Crippen molar-refractivity contribution in [2.24, 2.45) is 0 Å². The van der Waals surface area contributed by atoms with Crippen molar-refractivity contribution in [1.82, 2.24) is 0 Å². The number of ether oxygens (including phenoxy) is 2. The first kappa shape index (κ1) is 17.9. The molecule has 0 aliphatic heterocycles. The molecule has 3 rings (SSSR count). The predicted octanol–water partition coefficient (Wildman–Crippen LogP) is 5.14. The van der Waals surface area contributed by atoms with Crippen molar-refractivity contribution in [3.05, 3.63) is 82.9 Å². The minimum absolute atomic E-state index is 0.00429. The number of carbonyl (C=O) groups is 1. The van der Waals surface area contributed by atoms with Gasteiger partial charge in [-0.1, -0.05) is 36.4 Å². The van der Waals surface area contributed by atoms with Crippen LogP contribution in [0.25, 0.3) is 0 Å². The number of benzene rings is 3. The molecule has 0 spiro atoms. The molecule has 0 unspecified atom stereocenters. The first-order chi connectivity index (χ1) is 13.0. The van der Waals surface area contributed by atoms with Gasteiger partial charge in [0.25, 0.3) is 0 Å². The zero-order chi connectivity index (χ0) is 19.2. The second-order valence-electron chi connectivity index (χ2n) is 5.58. The molecule has 1 amide bonds. The van der Waals surface area contributed by atoms with Crippen LogP contribution in [0.2, 0.25) is 0 Å². The Balaban J connectivity index is 2.05. The Kier molecular flexibility index (Phi) is 5.32. The summed E-state index contributed by atoms with van der Waals surface area (Å²) in [6, 6.07) is 20.1. The van der Waals surface area contributed by atoms with Crippen molar-refractivity contribution in [2.45, 2.75) is 6.92 Å². The Morgan fingerprint density at radius 2 is 1.41 bits per heavy atom. The lowest BCUT2D eigenvalue weighted by Crippen LogP contribution is -2.08. The minimum atomic E-state index is -0.562. The standard InChI is InChI=1S/C20H16N2O5/c1-14(23)21-17-12-20(27-16-10-6-3-7-11-16)18(22(24)25)13-19(17)26-15-8-4-2-5-9-15/h2-13H,1H3,(H,21,23). The molecule has 136 valence electrons. The van der Waals surface area contributed by atoms with Crippen LogP contribution in [0.3, 0.4) is 0 Å². The SMILES string of the molecule is CC(=O)Nc1cc(Oc2ccccc2)c([N+](=O)[O-])cc1Oc1ccccc1. The molecular formula is C20H16N2O5. The van der Waals surface area contributed by atoms with Crippen LogP contribution in [0.15, 0.2) is 72.8 Å². The Labute approximate surface area is 155 Å². The highest BCUT2D eigenvalue weighted by Gasteiger charge is 2.22. The summed E-state index contributed by atoms with van der Waals surface area (Å²) in [6.07, 6.45) is 0. The second kappa shape index (κ2) is 8.01. The minimum Gasteiger partial charge on any atom is -0.455 e. The molecule has 7 heteroatoms. The van der Waals surface area contributed by atoms with E-state index in [0.29, 0.717) is 11.5 Å². The summed E-state index contributed by atoms with van der Waals surface area (Å²) in [5.74, 6) is 0.715. The van der Waals surface area contributed by atoms with E-state index in [0.717, 1.165) is 0 Å². The summed E-state index contributed by atoms with van der Waals surface area (Å²) >= 11 is 0. The summed E-state index contributed by atoms with van der Waals surface area (Å²) in [5.41, 5.74) is -0.0122. The second-order valence-corrected chi connectivity index (χ2v) is 5.58. The molecule has 0 aliphatic rings. The number of hydrogen-bond acceptors (Lipinski definition) is 5. The lowest BCUT2D eigenvalue weighted by atomic mass is 10.2. The highest BCUT2D eigenvalue weighted by atomic mass is 16.6. The van der Waals surface area contributed by atoms with Crippen molar-refractivity contribution in [1.29, 1.82) is 0 Å². The zero-order valence-electron chi connectivity index (χ0n) is 14.4. The maximum atomic E-state index is 11.6. The van der Waals surface area contributed by atoms with Crippen LogP contribution in [0, 0.1) is 10.1 Å². The van der Waals surface area contributed by atoms with E-state index in [4.69, 9.17) is 9.47 Å². The van der Waals surface area contributed by atoms with E-state index in [1.807, 2.05) is 6.07 Å². The van der Waals surface area contributed by atoms with Gasteiger partial charge in [-0.3, -0.25) is 14.9 Å². The molecule has 0 bridgehead atoms. The monoisotopic (exact) mass is 364 g/mol. The first-order valence-corrected chi connectivity index (χ1v) is 8.09. The van der Waals surface area contributed by atoms with Crippen molar-refractivity contribution in [3.8, 4) is 23.0 Å². The molecule has 0 radical (unpaired) electrons. The van der Waals surface area contributed by atoms with Gasteiger partial charge in [0.1, 0.15) is 11.5 Å². The number of nitro benzene ring substituents is 1. The number of nitrogens with one attached hydrogen (secondary N) is 1. The molecule has 0 aromatic heterocycles. The fourth-order valence-electron chi connectivity index (χ4n) is 2.38. The molecule has 7 nitrogen and oxygen atoms in total. The van der Waals surface area contributed by atoms with Crippen LogP contribution >= 0.6 is 0 Å². The van der Waals surface area contributed by atoms with E-state index in [9.17, 15) is 14.9 Å². The highest BCUT2D eigenvalue weighted by Crippen LogP contribution is 2.41. The van der Waals surface area contributed by atoms with Crippen molar-refractivity contribution < 1.29 is 19.2 Å². The number of rotatable bonds is 6. The van der Waals surface area contributed by atoms with E-state index >= 15 is 0 Å². The van der Waals surface area contributed by atoms with E-state index in [1.165, 1.54) is 19.1 Å². The molecule has 0 heterocycles. The third-order valence-electron chi connectivity index (χ3n) is 3.51. The average Bonchev–Trinajstić information content (AvgIpc) is 2.64. The number of hydrogen-bond donors (Lipinski definition) is 1. The van der Waals surface area contributed by atoms with Gasteiger partial charge in [0, 0.05) is 13.0 Å². The maximum Gasteiger partial charge on any atom is 0.315 e. The molecule has 0 saturated carbocycles. The lowest BCUT2D eigenvalue weighted by Gasteiger charge is -2.14. The van der Waals surface area contributed by atoms with Crippen molar-refractivity contribution in [3.63, 3.8) is 0 Å². The van der Waals surface area contributed by atoms with Gasteiger partial charge in [0.15, 0.2) is 5.75 Å². The average molecular weight is 364 g/mol. The predicted molar refractivity (Wildman–Crippen MR) is 100 cm³/mol. The molecule has 0 saturated heterocycles. The summed E-state index contributed by atoms with van der Waals surface area (Å²) in [7, 11) is 0.